The first-order chi connectivity index (χ1) is 8.59. The Hall–Kier alpha value is -1.63. The summed E-state index contributed by atoms with van der Waals surface area (Å²) in [6, 6.07) is -1.17. The molecule has 0 saturated carbocycles. The van der Waals surface area contributed by atoms with Crippen molar-refractivity contribution in [2.45, 2.75) is 31.8 Å². The molecule has 0 radical (unpaired) electrons. The number of aromatic nitrogens is 1. The molecule has 6 nitrogen and oxygen atoms in total. The maximum atomic E-state index is 12.0. The molecule has 98 valence electrons. The molecular weight excluding hydrogens is 254 g/mol. The highest BCUT2D eigenvalue weighted by Gasteiger charge is 2.33. The van der Waals surface area contributed by atoms with Crippen LogP contribution >= 0.6 is 11.3 Å². The van der Waals surface area contributed by atoms with E-state index in [9.17, 15) is 9.59 Å². The molecule has 1 aromatic heterocycles. The average Bonchev–Trinajstić information content (AvgIpc) is 2.99. The number of nitrogens with one attached hydrogen (secondary N) is 1. The SMILES string of the molecule is C[C@H](NC(=O)C1CCCN1c1nccs1)C(=O)O. The Labute approximate surface area is 109 Å². The third-order valence-corrected chi connectivity index (χ3v) is 3.76. The first kappa shape index (κ1) is 12.8. The van der Waals surface area contributed by atoms with E-state index in [-0.39, 0.29) is 11.9 Å². The highest BCUT2D eigenvalue weighted by Crippen LogP contribution is 2.27. The molecule has 0 aromatic carbocycles. The zero-order chi connectivity index (χ0) is 13.1. The van der Waals surface area contributed by atoms with Gasteiger partial charge in [0.25, 0.3) is 0 Å². The van der Waals surface area contributed by atoms with Crippen molar-refractivity contribution in [3.05, 3.63) is 11.6 Å². The summed E-state index contributed by atoms with van der Waals surface area (Å²) in [6.07, 6.45) is 3.35. The fourth-order valence-corrected chi connectivity index (χ4v) is 2.72. The number of carboxylic acid groups (broad SMARTS) is 1. The zero-order valence-electron chi connectivity index (χ0n) is 10.00. The standard InChI is InChI=1S/C11H15N3O3S/c1-7(10(16)17)13-9(15)8-3-2-5-14(8)11-12-4-6-18-11/h4,6-8H,2-3,5H2,1H3,(H,13,15)(H,16,17)/t7-,8?/m0/s1. The third kappa shape index (κ3) is 2.61. The molecule has 2 rings (SSSR count). The monoisotopic (exact) mass is 269 g/mol. The van der Waals surface area contributed by atoms with Gasteiger partial charge in [0.05, 0.1) is 0 Å². The average molecular weight is 269 g/mol. The fraction of sp³-hybridized carbons (Fsp3) is 0.545. The summed E-state index contributed by atoms with van der Waals surface area (Å²) in [4.78, 5) is 28.9. The van der Waals surface area contributed by atoms with E-state index in [4.69, 9.17) is 5.11 Å². The molecule has 2 atom stereocenters. The van der Waals surface area contributed by atoms with Crippen LogP contribution in [0.4, 0.5) is 5.13 Å². The topological polar surface area (TPSA) is 82.5 Å². The van der Waals surface area contributed by atoms with E-state index in [0.717, 1.165) is 24.5 Å². The molecule has 18 heavy (non-hydrogen) atoms. The van der Waals surface area contributed by atoms with Crippen LogP contribution < -0.4 is 10.2 Å². The lowest BCUT2D eigenvalue weighted by Crippen LogP contribution is -2.48. The van der Waals surface area contributed by atoms with E-state index in [1.165, 1.54) is 18.3 Å². The van der Waals surface area contributed by atoms with Gasteiger partial charge in [0.15, 0.2) is 5.13 Å². The Bertz CT molecular complexity index is 435. The van der Waals surface area contributed by atoms with Gasteiger partial charge in [0, 0.05) is 18.1 Å². The quantitative estimate of drug-likeness (QED) is 0.841. The van der Waals surface area contributed by atoms with E-state index < -0.39 is 12.0 Å². The zero-order valence-corrected chi connectivity index (χ0v) is 10.8. The number of nitrogens with zero attached hydrogens (tertiary/aromatic N) is 2. The lowest BCUT2D eigenvalue weighted by Gasteiger charge is -2.23. The molecule has 7 heteroatoms. The fourth-order valence-electron chi connectivity index (χ4n) is 2.00. The van der Waals surface area contributed by atoms with Crippen LogP contribution in [0.25, 0.3) is 0 Å². The lowest BCUT2D eigenvalue weighted by atomic mass is 10.2. The van der Waals surface area contributed by atoms with Crippen molar-refractivity contribution in [1.82, 2.24) is 10.3 Å². The number of carboxylic acids is 1. The predicted molar refractivity (Wildman–Crippen MR) is 67.7 cm³/mol. The number of aliphatic carboxylic acids is 1. The number of hydrogen-bond donors (Lipinski definition) is 2. The summed E-state index contributed by atoms with van der Waals surface area (Å²) in [5, 5.41) is 14.0. The van der Waals surface area contributed by atoms with Gasteiger partial charge in [-0.25, -0.2) is 4.98 Å². The Balaban J connectivity index is 2.03. The van der Waals surface area contributed by atoms with Crippen LogP contribution in [0.2, 0.25) is 0 Å². The summed E-state index contributed by atoms with van der Waals surface area (Å²) >= 11 is 1.49. The molecule has 0 spiro atoms. The van der Waals surface area contributed by atoms with E-state index in [2.05, 4.69) is 10.3 Å². The van der Waals surface area contributed by atoms with Gasteiger partial charge in [-0.15, -0.1) is 11.3 Å². The minimum atomic E-state index is -1.03. The van der Waals surface area contributed by atoms with Crippen LogP contribution in [-0.2, 0) is 9.59 Å². The summed E-state index contributed by atoms with van der Waals surface area (Å²) in [7, 11) is 0. The minimum Gasteiger partial charge on any atom is -0.480 e. The molecule has 0 aliphatic carbocycles. The number of thiazole rings is 1. The van der Waals surface area contributed by atoms with Crippen molar-refractivity contribution in [1.29, 1.82) is 0 Å². The van der Waals surface area contributed by atoms with E-state index in [0.29, 0.717) is 0 Å². The summed E-state index contributed by atoms with van der Waals surface area (Å²) < 4.78 is 0. The summed E-state index contributed by atoms with van der Waals surface area (Å²) in [5.74, 6) is -1.26. The molecule has 2 heterocycles. The number of rotatable bonds is 4. The predicted octanol–water partition coefficient (Wildman–Crippen LogP) is 0.701. The Morgan fingerprint density at radius 3 is 3.06 bits per heavy atom. The maximum Gasteiger partial charge on any atom is 0.325 e. The molecule has 1 aromatic rings. The van der Waals surface area contributed by atoms with Crippen LogP contribution in [0.5, 0.6) is 0 Å². The van der Waals surface area contributed by atoms with Gasteiger partial charge < -0.3 is 15.3 Å². The molecule has 1 fully saturated rings. The Morgan fingerprint density at radius 2 is 2.44 bits per heavy atom. The van der Waals surface area contributed by atoms with Gasteiger partial charge in [0.2, 0.25) is 5.91 Å². The molecule has 2 N–H and O–H groups in total. The van der Waals surface area contributed by atoms with Crippen molar-refractivity contribution in [2.24, 2.45) is 0 Å². The second-order valence-corrected chi connectivity index (χ2v) is 5.11. The van der Waals surface area contributed by atoms with Gasteiger partial charge in [-0.3, -0.25) is 9.59 Å². The highest BCUT2D eigenvalue weighted by molar-refractivity contribution is 7.13. The second kappa shape index (κ2) is 5.34. The summed E-state index contributed by atoms with van der Waals surface area (Å²) in [6.45, 7) is 2.25. The van der Waals surface area contributed by atoms with Crippen molar-refractivity contribution in [3.8, 4) is 0 Å². The minimum absolute atomic E-state index is 0.238. The van der Waals surface area contributed by atoms with Crippen molar-refractivity contribution in [2.75, 3.05) is 11.4 Å². The first-order valence-electron chi connectivity index (χ1n) is 5.79. The molecule has 1 unspecified atom stereocenters. The first-order valence-corrected chi connectivity index (χ1v) is 6.67. The van der Waals surface area contributed by atoms with Crippen LogP contribution in [-0.4, -0.2) is 40.6 Å². The van der Waals surface area contributed by atoms with Crippen molar-refractivity contribution in [3.63, 3.8) is 0 Å². The van der Waals surface area contributed by atoms with Crippen LogP contribution in [0.15, 0.2) is 11.6 Å². The van der Waals surface area contributed by atoms with Gasteiger partial charge in [0.1, 0.15) is 12.1 Å². The van der Waals surface area contributed by atoms with Crippen LogP contribution in [0.1, 0.15) is 19.8 Å². The van der Waals surface area contributed by atoms with Crippen LogP contribution in [0.3, 0.4) is 0 Å². The maximum absolute atomic E-state index is 12.0. The molecule has 1 aliphatic heterocycles. The number of carbonyl (C=O) groups excluding carboxylic acids is 1. The largest absolute Gasteiger partial charge is 0.480 e. The third-order valence-electron chi connectivity index (χ3n) is 2.95. The molecule has 1 amide bonds. The molecular formula is C11H15N3O3S. The Morgan fingerprint density at radius 1 is 1.67 bits per heavy atom. The smallest absolute Gasteiger partial charge is 0.325 e. The van der Waals surface area contributed by atoms with E-state index in [1.54, 1.807) is 6.20 Å². The lowest BCUT2D eigenvalue weighted by molar-refractivity contribution is -0.141. The van der Waals surface area contributed by atoms with Crippen molar-refractivity contribution < 1.29 is 14.7 Å². The highest BCUT2D eigenvalue weighted by atomic mass is 32.1. The van der Waals surface area contributed by atoms with Gasteiger partial charge in [-0.2, -0.15) is 0 Å². The second-order valence-electron chi connectivity index (χ2n) is 4.23. The normalized spacial score (nSPS) is 20.7. The van der Waals surface area contributed by atoms with Crippen LogP contribution in [0, 0.1) is 0 Å². The van der Waals surface area contributed by atoms with Gasteiger partial charge in [-0.05, 0) is 19.8 Å². The molecule has 1 saturated heterocycles. The van der Waals surface area contributed by atoms with E-state index in [1.807, 2.05) is 10.3 Å². The van der Waals surface area contributed by atoms with Gasteiger partial charge >= 0.3 is 5.97 Å². The number of hydrogen-bond acceptors (Lipinski definition) is 5. The number of carbonyl (C=O) groups is 2. The Kier molecular flexibility index (Phi) is 3.81. The van der Waals surface area contributed by atoms with E-state index >= 15 is 0 Å². The summed E-state index contributed by atoms with van der Waals surface area (Å²) in [5.41, 5.74) is 0. The van der Waals surface area contributed by atoms with Gasteiger partial charge in [-0.1, -0.05) is 0 Å². The molecule has 1 aliphatic rings. The number of anilines is 1. The number of amides is 1. The van der Waals surface area contributed by atoms with Crippen molar-refractivity contribution >= 4 is 28.3 Å². The molecule has 0 bridgehead atoms.